The minimum absolute atomic E-state index is 0. The van der Waals surface area contributed by atoms with Crippen molar-refractivity contribution in [1.29, 1.82) is 0 Å². The second-order valence-corrected chi connectivity index (χ2v) is 1.28. The van der Waals surface area contributed by atoms with Crippen LogP contribution in [0.25, 0.3) is 0 Å². The van der Waals surface area contributed by atoms with Crippen LogP contribution >= 0.6 is 0 Å². The molecule has 0 atom stereocenters. The summed E-state index contributed by atoms with van der Waals surface area (Å²) in [7, 11) is -4.92. The Hall–Kier alpha value is 0.636. The van der Waals surface area contributed by atoms with Gasteiger partial charge in [-0.15, -0.1) is 0 Å². The normalized spacial score (nSPS) is 9.67. The predicted molar refractivity (Wildman–Crippen MR) is 18.1 cm³/mol. The molecule has 6 heteroatoms. The summed E-state index contributed by atoms with van der Waals surface area (Å²) in [6.07, 6.45) is 0. The van der Waals surface area contributed by atoms with Gasteiger partial charge in [0.1, 0.15) is 0 Å². The molecule has 0 radical (unpaired) electrons. The summed E-state index contributed by atoms with van der Waals surface area (Å²) in [5.41, 5.74) is 0. The fourth-order valence-corrected chi connectivity index (χ4v) is 0. The van der Waals surface area contributed by atoms with Crippen LogP contribution in [0.5, 0.6) is 0 Å². The van der Waals surface area contributed by atoms with Crippen LogP contribution in [-0.2, 0) is 10.4 Å². The molecule has 0 aromatic rings. The Kier molecular flexibility index (Phi) is 4.50. The van der Waals surface area contributed by atoms with Crippen molar-refractivity contribution < 1.29 is 17.5 Å². The molecule has 32 valence electrons. The number of rotatable bonds is 0. The van der Waals surface area contributed by atoms with Crippen molar-refractivity contribution >= 4 is 33.5 Å². The summed E-state index contributed by atoms with van der Waals surface area (Å²) >= 11 is 0. The van der Waals surface area contributed by atoms with Crippen LogP contribution in [0.3, 0.4) is 0 Å². The second-order valence-electron chi connectivity index (χ2n) is 0.428. The SMILES string of the molecule is O=S(=O)([O-])O.[Mg+2]. The molecular formula is HMgO4S+. The molecule has 0 heterocycles. The maximum atomic E-state index is 8.63. The first-order valence-corrected chi connectivity index (χ1v) is 2.05. The van der Waals surface area contributed by atoms with Gasteiger partial charge in [-0.1, -0.05) is 0 Å². The Morgan fingerprint density at radius 2 is 1.50 bits per heavy atom. The maximum absolute atomic E-state index is 8.63. The van der Waals surface area contributed by atoms with E-state index in [1.54, 1.807) is 0 Å². The van der Waals surface area contributed by atoms with Crippen molar-refractivity contribution in [2.24, 2.45) is 0 Å². The molecule has 0 aliphatic heterocycles. The minimum Gasteiger partial charge on any atom is -0.726 e. The van der Waals surface area contributed by atoms with Gasteiger partial charge in [0.15, 0.2) is 0 Å². The summed E-state index contributed by atoms with van der Waals surface area (Å²) in [5, 5.41) is 0. The van der Waals surface area contributed by atoms with E-state index in [9.17, 15) is 0 Å². The summed E-state index contributed by atoms with van der Waals surface area (Å²) in [6.45, 7) is 0. The minimum atomic E-state index is -4.92. The van der Waals surface area contributed by atoms with Crippen LogP contribution < -0.4 is 0 Å². The zero-order valence-corrected chi connectivity index (χ0v) is 5.02. The first kappa shape index (κ1) is 9.81. The molecule has 0 aromatic carbocycles. The first-order valence-electron chi connectivity index (χ1n) is 0.683. The molecule has 0 aromatic heterocycles. The molecular weight excluding hydrogens is 120 g/mol. The third kappa shape index (κ3) is 151. The van der Waals surface area contributed by atoms with Crippen LogP contribution in [0, 0.1) is 0 Å². The fourth-order valence-electron chi connectivity index (χ4n) is 0. The van der Waals surface area contributed by atoms with Gasteiger partial charge in [-0.3, -0.25) is 4.55 Å². The third-order valence-corrected chi connectivity index (χ3v) is 0. The van der Waals surface area contributed by atoms with E-state index in [1.807, 2.05) is 0 Å². The van der Waals surface area contributed by atoms with Gasteiger partial charge in [-0.05, 0) is 0 Å². The molecule has 0 spiro atoms. The maximum Gasteiger partial charge on any atom is 2.00 e. The van der Waals surface area contributed by atoms with Gasteiger partial charge in [0, 0.05) is 0 Å². The fraction of sp³-hybridized carbons (Fsp3) is 0. The molecule has 0 rings (SSSR count). The Bertz CT molecular complexity index is 90.7. The molecule has 0 fully saturated rings. The van der Waals surface area contributed by atoms with E-state index >= 15 is 0 Å². The molecule has 0 saturated heterocycles. The van der Waals surface area contributed by atoms with Crippen molar-refractivity contribution in [2.45, 2.75) is 0 Å². The molecule has 0 saturated carbocycles. The quantitative estimate of drug-likeness (QED) is 0.243. The zero-order valence-electron chi connectivity index (χ0n) is 2.79. The third-order valence-electron chi connectivity index (χ3n) is 0. The van der Waals surface area contributed by atoms with Gasteiger partial charge in [-0.2, -0.15) is 0 Å². The molecule has 0 aliphatic carbocycles. The topological polar surface area (TPSA) is 77.4 Å². The number of hydrogen-bond acceptors (Lipinski definition) is 3. The summed E-state index contributed by atoms with van der Waals surface area (Å²) in [6, 6.07) is 0. The van der Waals surface area contributed by atoms with Gasteiger partial charge in [0.25, 0.3) is 0 Å². The smallest absolute Gasteiger partial charge is 0.726 e. The van der Waals surface area contributed by atoms with E-state index in [1.165, 1.54) is 0 Å². The molecule has 0 bridgehead atoms. The van der Waals surface area contributed by atoms with Crippen LogP contribution in [0.2, 0.25) is 0 Å². The average molecular weight is 121 g/mol. The van der Waals surface area contributed by atoms with Gasteiger partial charge < -0.3 is 4.55 Å². The predicted octanol–water partition coefficient (Wildman–Crippen LogP) is -1.38. The van der Waals surface area contributed by atoms with Crippen molar-refractivity contribution in [1.82, 2.24) is 0 Å². The van der Waals surface area contributed by atoms with Gasteiger partial charge >= 0.3 is 23.1 Å². The number of hydrogen-bond donors (Lipinski definition) is 1. The van der Waals surface area contributed by atoms with E-state index in [0.29, 0.717) is 0 Å². The zero-order chi connectivity index (χ0) is 4.50. The molecule has 6 heavy (non-hydrogen) atoms. The Labute approximate surface area is 51.3 Å². The Morgan fingerprint density at radius 3 is 1.50 bits per heavy atom. The molecule has 0 aliphatic rings. The van der Waals surface area contributed by atoms with Crippen LogP contribution in [0.4, 0.5) is 0 Å². The first-order chi connectivity index (χ1) is 2.00. The Morgan fingerprint density at radius 1 is 1.50 bits per heavy atom. The van der Waals surface area contributed by atoms with Crippen LogP contribution in [0.1, 0.15) is 0 Å². The van der Waals surface area contributed by atoms with Gasteiger partial charge in [-0.25, -0.2) is 8.42 Å². The van der Waals surface area contributed by atoms with Crippen molar-refractivity contribution in [3.63, 3.8) is 0 Å². The van der Waals surface area contributed by atoms with Gasteiger partial charge in [0.05, 0.1) is 0 Å². The standard InChI is InChI=1S/Mg.H2O4S/c;1-5(2,3)4/h;(H2,1,2,3,4)/q+2;/p-1. The molecule has 4 nitrogen and oxygen atoms in total. The molecule has 0 amide bonds. The van der Waals surface area contributed by atoms with Crippen molar-refractivity contribution in [3.05, 3.63) is 0 Å². The van der Waals surface area contributed by atoms with Gasteiger partial charge in [0.2, 0.25) is 10.4 Å². The second kappa shape index (κ2) is 2.75. The largest absolute Gasteiger partial charge is 2.00 e. The summed E-state index contributed by atoms with van der Waals surface area (Å²) in [4.78, 5) is 0. The monoisotopic (exact) mass is 121 g/mol. The molecule has 0 unspecified atom stereocenters. The van der Waals surface area contributed by atoms with Crippen molar-refractivity contribution in [3.8, 4) is 0 Å². The van der Waals surface area contributed by atoms with Crippen molar-refractivity contribution in [2.75, 3.05) is 0 Å². The summed E-state index contributed by atoms with van der Waals surface area (Å²) in [5.74, 6) is 0. The Balaban J connectivity index is 0. The summed E-state index contributed by atoms with van der Waals surface area (Å²) < 4.78 is 32.8. The van der Waals surface area contributed by atoms with E-state index in [-0.39, 0.29) is 23.1 Å². The van der Waals surface area contributed by atoms with E-state index in [0.717, 1.165) is 0 Å². The van der Waals surface area contributed by atoms with Crippen LogP contribution in [-0.4, -0.2) is 40.6 Å². The molecule has 1 N–H and O–H groups in total. The van der Waals surface area contributed by atoms with E-state index in [2.05, 4.69) is 0 Å². The average Bonchev–Trinajstić information content (AvgIpc) is 0.722. The van der Waals surface area contributed by atoms with Crippen LogP contribution in [0.15, 0.2) is 0 Å². The van der Waals surface area contributed by atoms with E-state index in [4.69, 9.17) is 17.5 Å². The van der Waals surface area contributed by atoms with E-state index < -0.39 is 10.4 Å².